The number of nitrogens with zero attached hydrogens (tertiary/aromatic N) is 2. The van der Waals surface area contributed by atoms with Crippen LogP contribution in [-0.2, 0) is 0 Å². The second-order valence-electron chi connectivity index (χ2n) is 7.22. The molecule has 3 heterocycles. The monoisotopic (exact) mass is 435 g/mol. The molecular weight excluding hydrogens is 414 g/mol. The Labute approximate surface area is 182 Å². The minimum atomic E-state index is -0.110. The summed E-state index contributed by atoms with van der Waals surface area (Å²) >= 11 is 3.19. The molecule has 2 aromatic carbocycles. The number of carbonyl (C=O) groups excluding carboxylic acids is 1. The van der Waals surface area contributed by atoms with Crippen molar-refractivity contribution >= 4 is 48.9 Å². The number of hydrogen-bond donors (Lipinski definition) is 1. The predicted molar refractivity (Wildman–Crippen MR) is 124 cm³/mol. The van der Waals surface area contributed by atoms with Gasteiger partial charge in [-0.3, -0.25) is 4.79 Å². The lowest BCUT2D eigenvalue weighted by Crippen LogP contribution is -2.29. The summed E-state index contributed by atoms with van der Waals surface area (Å²) in [6.07, 6.45) is 3.77. The Hall–Kier alpha value is -2.90. The SMILES string of the molecule is O=C(Nc1ccc(Oc2ccccc2)cc1)c1cc2nc(N3CCCCC3)sc2s1. The lowest BCUT2D eigenvalue weighted by Gasteiger charge is -2.25. The number of rotatable bonds is 5. The van der Waals surface area contributed by atoms with Crippen molar-refractivity contribution in [1.29, 1.82) is 0 Å². The number of para-hydroxylation sites is 1. The molecule has 0 spiro atoms. The highest BCUT2D eigenvalue weighted by Crippen LogP contribution is 2.36. The molecule has 1 N–H and O–H groups in total. The lowest BCUT2D eigenvalue weighted by molar-refractivity contribution is 0.103. The molecule has 0 atom stereocenters. The van der Waals surface area contributed by atoms with Gasteiger partial charge in [-0.1, -0.05) is 29.5 Å². The van der Waals surface area contributed by atoms with Crippen LogP contribution in [0.25, 0.3) is 9.53 Å². The molecule has 0 aliphatic carbocycles. The summed E-state index contributed by atoms with van der Waals surface area (Å²) in [7, 11) is 0. The minimum Gasteiger partial charge on any atom is -0.457 e. The molecule has 1 amide bonds. The average Bonchev–Trinajstić information content (AvgIpc) is 3.36. The molecule has 0 radical (unpaired) electrons. The molecule has 7 heteroatoms. The molecule has 152 valence electrons. The summed E-state index contributed by atoms with van der Waals surface area (Å²) in [5.74, 6) is 1.40. The average molecular weight is 436 g/mol. The van der Waals surface area contributed by atoms with Gasteiger partial charge in [-0.15, -0.1) is 11.3 Å². The van der Waals surface area contributed by atoms with Gasteiger partial charge in [-0.2, -0.15) is 0 Å². The molecule has 1 aliphatic heterocycles. The van der Waals surface area contributed by atoms with Crippen LogP contribution >= 0.6 is 22.7 Å². The third-order valence-electron chi connectivity index (χ3n) is 5.02. The number of piperidine rings is 1. The number of amides is 1. The van der Waals surface area contributed by atoms with Crippen molar-refractivity contribution in [3.8, 4) is 11.5 Å². The van der Waals surface area contributed by atoms with Gasteiger partial charge < -0.3 is 15.0 Å². The maximum Gasteiger partial charge on any atom is 0.265 e. The summed E-state index contributed by atoms with van der Waals surface area (Å²) in [6.45, 7) is 2.16. The van der Waals surface area contributed by atoms with Crippen molar-refractivity contribution in [2.24, 2.45) is 0 Å². The molecule has 4 aromatic rings. The van der Waals surface area contributed by atoms with Gasteiger partial charge in [0.15, 0.2) is 5.13 Å². The van der Waals surface area contributed by atoms with E-state index in [2.05, 4.69) is 10.2 Å². The topological polar surface area (TPSA) is 54.5 Å². The molecule has 1 saturated heterocycles. The third-order valence-corrected chi connectivity index (χ3v) is 7.37. The number of fused-ring (bicyclic) bond motifs is 1. The fourth-order valence-corrected chi connectivity index (χ4v) is 5.69. The Morgan fingerprint density at radius 1 is 0.933 bits per heavy atom. The quantitative estimate of drug-likeness (QED) is 0.394. The van der Waals surface area contributed by atoms with Gasteiger partial charge in [0.2, 0.25) is 0 Å². The zero-order chi connectivity index (χ0) is 20.3. The number of ether oxygens (including phenoxy) is 1. The minimum absolute atomic E-state index is 0.110. The van der Waals surface area contributed by atoms with Crippen LogP contribution in [0.2, 0.25) is 0 Å². The predicted octanol–water partition coefficient (Wildman–Crippen LogP) is 6.39. The van der Waals surface area contributed by atoms with Crippen molar-refractivity contribution in [3.05, 3.63) is 65.5 Å². The van der Waals surface area contributed by atoms with Crippen LogP contribution in [-0.4, -0.2) is 24.0 Å². The van der Waals surface area contributed by atoms with Gasteiger partial charge >= 0.3 is 0 Å². The normalized spacial score (nSPS) is 14.1. The first kappa shape index (κ1) is 19.1. The number of carbonyl (C=O) groups is 1. The number of thiazole rings is 1. The van der Waals surface area contributed by atoms with Crippen LogP contribution < -0.4 is 15.0 Å². The van der Waals surface area contributed by atoms with Crippen LogP contribution in [0.4, 0.5) is 10.8 Å². The fraction of sp³-hybridized carbons (Fsp3) is 0.217. The highest BCUT2D eigenvalue weighted by Gasteiger charge is 2.18. The van der Waals surface area contributed by atoms with E-state index in [-0.39, 0.29) is 5.91 Å². The van der Waals surface area contributed by atoms with Gasteiger partial charge in [0, 0.05) is 18.8 Å². The van der Waals surface area contributed by atoms with E-state index in [1.807, 2.05) is 60.7 Å². The van der Waals surface area contributed by atoms with Crippen LogP contribution in [0.1, 0.15) is 28.9 Å². The Bertz CT molecular complexity index is 1110. The van der Waals surface area contributed by atoms with Crippen LogP contribution in [0.3, 0.4) is 0 Å². The van der Waals surface area contributed by atoms with Gasteiger partial charge in [0.1, 0.15) is 15.5 Å². The van der Waals surface area contributed by atoms with Crippen molar-refractivity contribution in [2.75, 3.05) is 23.3 Å². The summed E-state index contributed by atoms with van der Waals surface area (Å²) in [5.41, 5.74) is 1.65. The summed E-state index contributed by atoms with van der Waals surface area (Å²) in [6, 6.07) is 18.9. The first-order valence-corrected chi connectivity index (χ1v) is 11.7. The molecule has 0 unspecified atom stereocenters. The first-order valence-electron chi connectivity index (χ1n) is 10.0. The molecule has 1 aliphatic rings. The summed E-state index contributed by atoms with van der Waals surface area (Å²) in [4.78, 5) is 20.5. The van der Waals surface area contributed by atoms with E-state index >= 15 is 0 Å². The molecular formula is C23H21N3O2S2. The van der Waals surface area contributed by atoms with E-state index in [1.165, 1.54) is 30.6 Å². The molecule has 5 rings (SSSR count). The van der Waals surface area contributed by atoms with Gasteiger partial charge in [0.05, 0.1) is 10.4 Å². The van der Waals surface area contributed by atoms with Gasteiger partial charge in [0.25, 0.3) is 5.91 Å². The second kappa shape index (κ2) is 8.45. The molecule has 0 saturated carbocycles. The maximum absolute atomic E-state index is 12.7. The number of anilines is 2. The standard InChI is InChI=1S/C23H21N3O2S2/c27-21(24-16-9-11-18(12-10-16)28-17-7-3-1-4-8-17)20-15-19-22(29-20)30-23(25-19)26-13-5-2-6-14-26/h1,3-4,7-12,15H,2,5-6,13-14H2,(H,24,27). The number of thiophene rings is 1. The number of nitrogens with one attached hydrogen (secondary N) is 1. The zero-order valence-corrected chi connectivity index (χ0v) is 18.0. The van der Waals surface area contributed by atoms with Crippen molar-refractivity contribution in [3.63, 3.8) is 0 Å². The van der Waals surface area contributed by atoms with E-state index < -0.39 is 0 Å². The molecule has 2 aromatic heterocycles. The first-order chi connectivity index (χ1) is 14.7. The zero-order valence-electron chi connectivity index (χ0n) is 16.3. The van der Waals surface area contributed by atoms with Gasteiger partial charge in [-0.05, 0) is 61.7 Å². The lowest BCUT2D eigenvalue weighted by atomic mass is 10.1. The van der Waals surface area contributed by atoms with Crippen LogP contribution in [0.15, 0.2) is 60.7 Å². The third kappa shape index (κ3) is 4.17. The maximum atomic E-state index is 12.7. The van der Waals surface area contributed by atoms with E-state index in [1.54, 1.807) is 11.3 Å². The van der Waals surface area contributed by atoms with Gasteiger partial charge in [-0.25, -0.2) is 4.98 Å². The second-order valence-corrected chi connectivity index (χ2v) is 9.51. The van der Waals surface area contributed by atoms with Crippen molar-refractivity contribution in [1.82, 2.24) is 4.98 Å². The van der Waals surface area contributed by atoms with Crippen molar-refractivity contribution < 1.29 is 9.53 Å². The van der Waals surface area contributed by atoms with Crippen LogP contribution in [0.5, 0.6) is 11.5 Å². The molecule has 1 fully saturated rings. The summed E-state index contributed by atoms with van der Waals surface area (Å²) < 4.78 is 6.90. The Balaban J connectivity index is 1.24. The highest BCUT2D eigenvalue weighted by atomic mass is 32.2. The Morgan fingerprint density at radius 2 is 1.67 bits per heavy atom. The Kier molecular flexibility index (Phi) is 5.38. The van der Waals surface area contributed by atoms with E-state index in [4.69, 9.17) is 9.72 Å². The number of hydrogen-bond acceptors (Lipinski definition) is 6. The molecule has 0 bridgehead atoms. The van der Waals surface area contributed by atoms with E-state index in [9.17, 15) is 4.79 Å². The van der Waals surface area contributed by atoms with Crippen molar-refractivity contribution in [2.45, 2.75) is 19.3 Å². The largest absolute Gasteiger partial charge is 0.457 e. The number of benzene rings is 2. The highest BCUT2D eigenvalue weighted by molar-refractivity contribution is 7.40. The summed E-state index contributed by atoms with van der Waals surface area (Å²) in [5, 5.41) is 4.04. The molecule has 30 heavy (non-hydrogen) atoms. The smallest absolute Gasteiger partial charge is 0.265 e. The number of aromatic nitrogens is 1. The van der Waals surface area contributed by atoms with Crippen LogP contribution in [0, 0.1) is 0 Å². The van der Waals surface area contributed by atoms with E-state index in [0.717, 1.165) is 44.9 Å². The Morgan fingerprint density at radius 3 is 2.40 bits per heavy atom. The fourth-order valence-electron chi connectivity index (χ4n) is 3.48. The molecule has 5 nitrogen and oxygen atoms in total. The van der Waals surface area contributed by atoms with E-state index in [0.29, 0.717) is 4.88 Å².